The predicted octanol–water partition coefficient (Wildman–Crippen LogP) is 3.54. The SMILES string of the molecule is CCCNC(c1ccccc1)c1scnc1C. The number of rotatable bonds is 5. The highest BCUT2D eigenvalue weighted by Gasteiger charge is 2.16. The lowest BCUT2D eigenvalue weighted by molar-refractivity contribution is 0.603. The van der Waals surface area contributed by atoms with Gasteiger partial charge in [-0.1, -0.05) is 37.3 Å². The van der Waals surface area contributed by atoms with Crippen LogP contribution in [0.4, 0.5) is 0 Å². The lowest BCUT2D eigenvalue weighted by atomic mass is 10.0. The number of thiazole rings is 1. The Morgan fingerprint density at radius 3 is 2.65 bits per heavy atom. The summed E-state index contributed by atoms with van der Waals surface area (Å²) in [5.41, 5.74) is 4.37. The first-order valence-corrected chi connectivity index (χ1v) is 6.89. The molecule has 1 atom stereocenters. The van der Waals surface area contributed by atoms with Crippen molar-refractivity contribution in [3.63, 3.8) is 0 Å². The molecular formula is C14H18N2S. The molecule has 1 N–H and O–H groups in total. The van der Waals surface area contributed by atoms with Crippen LogP contribution >= 0.6 is 11.3 Å². The number of nitrogens with one attached hydrogen (secondary N) is 1. The Balaban J connectivity index is 2.29. The summed E-state index contributed by atoms with van der Waals surface area (Å²) in [5.74, 6) is 0. The van der Waals surface area contributed by atoms with Crippen LogP contribution in [0.25, 0.3) is 0 Å². The van der Waals surface area contributed by atoms with Gasteiger partial charge in [-0.2, -0.15) is 0 Å². The van der Waals surface area contributed by atoms with Crippen LogP contribution in [0, 0.1) is 6.92 Å². The van der Waals surface area contributed by atoms with Gasteiger partial charge in [0, 0.05) is 4.88 Å². The smallest absolute Gasteiger partial charge is 0.0798 e. The molecule has 0 aliphatic carbocycles. The third kappa shape index (κ3) is 2.93. The second-order valence-corrected chi connectivity index (χ2v) is 4.99. The quantitative estimate of drug-likeness (QED) is 0.873. The van der Waals surface area contributed by atoms with Crippen molar-refractivity contribution in [2.24, 2.45) is 0 Å². The molecule has 1 unspecified atom stereocenters. The minimum atomic E-state index is 0.281. The molecule has 17 heavy (non-hydrogen) atoms. The fraction of sp³-hybridized carbons (Fsp3) is 0.357. The van der Waals surface area contributed by atoms with Crippen LogP contribution in [-0.2, 0) is 0 Å². The minimum Gasteiger partial charge on any atom is -0.306 e. The van der Waals surface area contributed by atoms with E-state index in [1.807, 2.05) is 5.51 Å². The average molecular weight is 246 g/mol. The molecule has 2 aromatic rings. The Kier molecular flexibility index (Phi) is 4.29. The molecule has 0 saturated carbocycles. The molecule has 0 saturated heterocycles. The average Bonchev–Trinajstić information content (AvgIpc) is 2.78. The molecule has 3 heteroatoms. The van der Waals surface area contributed by atoms with Gasteiger partial charge in [-0.25, -0.2) is 4.98 Å². The Bertz CT molecular complexity index is 450. The summed E-state index contributed by atoms with van der Waals surface area (Å²) in [7, 11) is 0. The molecule has 1 aromatic heterocycles. The van der Waals surface area contributed by atoms with E-state index >= 15 is 0 Å². The summed E-state index contributed by atoms with van der Waals surface area (Å²) in [6.45, 7) is 5.29. The van der Waals surface area contributed by atoms with Gasteiger partial charge in [0.15, 0.2) is 0 Å². The zero-order valence-corrected chi connectivity index (χ0v) is 11.1. The lowest BCUT2D eigenvalue weighted by Crippen LogP contribution is -2.23. The summed E-state index contributed by atoms with van der Waals surface area (Å²) in [6, 6.07) is 10.9. The fourth-order valence-electron chi connectivity index (χ4n) is 1.88. The summed E-state index contributed by atoms with van der Waals surface area (Å²) < 4.78 is 0. The van der Waals surface area contributed by atoms with Crippen molar-refractivity contribution in [2.45, 2.75) is 26.3 Å². The lowest BCUT2D eigenvalue weighted by Gasteiger charge is -2.18. The molecule has 0 bridgehead atoms. The van der Waals surface area contributed by atoms with E-state index in [1.165, 1.54) is 10.4 Å². The van der Waals surface area contributed by atoms with Crippen molar-refractivity contribution in [1.29, 1.82) is 0 Å². The van der Waals surface area contributed by atoms with Crippen LogP contribution in [0.1, 0.15) is 35.5 Å². The molecule has 0 amide bonds. The summed E-state index contributed by atoms with van der Waals surface area (Å²) in [5, 5.41) is 3.60. The van der Waals surface area contributed by atoms with E-state index in [2.05, 4.69) is 54.5 Å². The second kappa shape index (κ2) is 5.94. The number of hydrogen-bond acceptors (Lipinski definition) is 3. The molecule has 0 aliphatic heterocycles. The van der Waals surface area contributed by atoms with E-state index in [9.17, 15) is 0 Å². The van der Waals surface area contributed by atoms with Crippen molar-refractivity contribution in [2.75, 3.05) is 6.54 Å². The second-order valence-electron chi connectivity index (χ2n) is 4.10. The van der Waals surface area contributed by atoms with Gasteiger partial charge in [0.1, 0.15) is 0 Å². The first-order chi connectivity index (χ1) is 8.33. The Hall–Kier alpha value is -1.19. The van der Waals surface area contributed by atoms with Crippen LogP contribution < -0.4 is 5.32 Å². The molecule has 0 aliphatic rings. The van der Waals surface area contributed by atoms with Gasteiger partial charge in [-0.3, -0.25) is 0 Å². The van der Waals surface area contributed by atoms with Gasteiger partial charge in [0.05, 0.1) is 17.2 Å². The largest absolute Gasteiger partial charge is 0.306 e. The monoisotopic (exact) mass is 246 g/mol. The van der Waals surface area contributed by atoms with Crippen molar-refractivity contribution in [1.82, 2.24) is 10.3 Å². The van der Waals surface area contributed by atoms with Crippen LogP contribution in [0.2, 0.25) is 0 Å². The van der Waals surface area contributed by atoms with Crippen molar-refractivity contribution in [3.8, 4) is 0 Å². The predicted molar refractivity (Wildman–Crippen MR) is 73.4 cm³/mol. The minimum absolute atomic E-state index is 0.281. The zero-order valence-electron chi connectivity index (χ0n) is 10.3. The highest BCUT2D eigenvalue weighted by Crippen LogP contribution is 2.27. The first kappa shape index (κ1) is 12.3. The fourth-order valence-corrected chi connectivity index (χ4v) is 2.79. The topological polar surface area (TPSA) is 24.9 Å². The third-order valence-corrected chi connectivity index (χ3v) is 3.77. The van der Waals surface area contributed by atoms with E-state index in [0.717, 1.165) is 18.7 Å². The molecule has 0 fully saturated rings. The third-order valence-electron chi connectivity index (χ3n) is 2.78. The van der Waals surface area contributed by atoms with Crippen LogP contribution in [0.5, 0.6) is 0 Å². The van der Waals surface area contributed by atoms with E-state index in [4.69, 9.17) is 0 Å². The molecule has 1 aromatic carbocycles. The Morgan fingerprint density at radius 1 is 1.29 bits per heavy atom. The van der Waals surface area contributed by atoms with E-state index in [0.29, 0.717) is 0 Å². The number of aryl methyl sites for hydroxylation is 1. The molecule has 1 heterocycles. The van der Waals surface area contributed by atoms with Crippen molar-refractivity contribution >= 4 is 11.3 Å². The Morgan fingerprint density at radius 2 is 2.06 bits per heavy atom. The normalized spacial score (nSPS) is 12.6. The van der Waals surface area contributed by atoms with Gasteiger partial charge in [0.2, 0.25) is 0 Å². The first-order valence-electron chi connectivity index (χ1n) is 6.01. The number of nitrogens with zero attached hydrogens (tertiary/aromatic N) is 1. The highest BCUT2D eigenvalue weighted by atomic mass is 32.1. The molecule has 2 nitrogen and oxygen atoms in total. The summed E-state index contributed by atoms with van der Waals surface area (Å²) in [6.07, 6.45) is 1.14. The maximum atomic E-state index is 4.35. The molecular weight excluding hydrogens is 228 g/mol. The van der Waals surface area contributed by atoms with Crippen molar-refractivity contribution < 1.29 is 0 Å². The van der Waals surface area contributed by atoms with Gasteiger partial charge in [-0.05, 0) is 25.5 Å². The number of benzene rings is 1. The Labute approximate surface area is 107 Å². The van der Waals surface area contributed by atoms with Gasteiger partial charge in [0.25, 0.3) is 0 Å². The highest BCUT2D eigenvalue weighted by molar-refractivity contribution is 7.09. The number of aromatic nitrogens is 1. The van der Waals surface area contributed by atoms with Crippen LogP contribution in [-0.4, -0.2) is 11.5 Å². The maximum Gasteiger partial charge on any atom is 0.0798 e. The standard InChI is InChI=1S/C14H18N2S/c1-3-9-15-13(12-7-5-4-6-8-12)14-11(2)16-10-17-14/h4-8,10,13,15H,3,9H2,1-2H3. The van der Waals surface area contributed by atoms with Crippen LogP contribution in [0.15, 0.2) is 35.8 Å². The number of hydrogen-bond donors (Lipinski definition) is 1. The maximum absolute atomic E-state index is 4.35. The summed E-state index contributed by atoms with van der Waals surface area (Å²) >= 11 is 1.73. The molecule has 2 rings (SSSR count). The van der Waals surface area contributed by atoms with Crippen molar-refractivity contribution in [3.05, 3.63) is 52.0 Å². The molecule has 0 spiro atoms. The van der Waals surface area contributed by atoms with E-state index in [1.54, 1.807) is 11.3 Å². The van der Waals surface area contributed by atoms with Gasteiger partial charge < -0.3 is 5.32 Å². The van der Waals surface area contributed by atoms with E-state index in [-0.39, 0.29) is 6.04 Å². The zero-order chi connectivity index (χ0) is 12.1. The van der Waals surface area contributed by atoms with Gasteiger partial charge >= 0.3 is 0 Å². The van der Waals surface area contributed by atoms with Gasteiger partial charge in [-0.15, -0.1) is 11.3 Å². The molecule has 90 valence electrons. The van der Waals surface area contributed by atoms with Crippen LogP contribution in [0.3, 0.4) is 0 Å². The summed E-state index contributed by atoms with van der Waals surface area (Å²) in [4.78, 5) is 5.67. The molecule has 0 radical (unpaired) electrons. The van der Waals surface area contributed by atoms with E-state index < -0.39 is 0 Å².